The van der Waals surface area contributed by atoms with E-state index in [4.69, 9.17) is 10.8 Å². The van der Waals surface area contributed by atoms with E-state index in [2.05, 4.69) is 0 Å². The third-order valence-corrected chi connectivity index (χ3v) is 3.32. The Morgan fingerprint density at radius 3 is 2.15 bits per heavy atom. The van der Waals surface area contributed by atoms with E-state index >= 15 is 0 Å². The van der Waals surface area contributed by atoms with Gasteiger partial charge in [-0.15, -0.1) is 24.2 Å². The van der Waals surface area contributed by atoms with E-state index in [0.717, 1.165) is 11.8 Å². The molecule has 1 rings (SSSR count). The molecular formula is C6H14ClNO4S. The molecule has 1 fully saturated rings. The normalized spacial score (nSPS) is 45.5. The minimum atomic E-state index is -1.17. The molecule has 0 aromatic rings. The Morgan fingerprint density at radius 2 is 1.69 bits per heavy atom. The Labute approximate surface area is 86.4 Å². The van der Waals surface area contributed by atoms with Crippen molar-refractivity contribution in [3.8, 4) is 0 Å². The molecule has 13 heavy (non-hydrogen) atoms. The number of hydrogen-bond acceptors (Lipinski definition) is 6. The highest BCUT2D eigenvalue weighted by Crippen LogP contribution is 2.29. The molecule has 1 heterocycles. The Bertz CT molecular complexity index is 159. The molecule has 7 heteroatoms. The lowest BCUT2D eigenvalue weighted by atomic mass is 10.0. The van der Waals surface area contributed by atoms with Gasteiger partial charge in [-0.1, -0.05) is 0 Å². The lowest BCUT2D eigenvalue weighted by molar-refractivity contribution is -0.0279. The second kappa shape index (κ2) is 5.35. The lowest BCUT2D eigenvalue weighted by Crippen LogP contribution is -2.57. The summed E-state index contributed by atoms with van der Waals surface area (Å²) >= 11 is 0.977. The Hall–Kier alpha value is 0.440. The molecule has 80 valence electrons. The van der Waals surface area contributed by atoms with Crippen molar-refractivity contribution in [2.75, 3.05) is 6.61 Å². The first kappa shape index (κ1) is 13.4. The molecule has 1 aliphatic rings. The standard InChI is InChI=1S/C6H13NO4S.ClH/c7-3-5(10)4(9)2(1-8)12-6(3)11;/h2-6,8-11H,1,7H2;1H/t2-,3-,4-,5-,6+;/m1./s1. The Morgan fingerprint density at radius 1 is 1.15 bits per heavy atom. The SMILES string of the molecule is Cl.N[C@@H]1[C@@H](O)[C@H](O)[C@@H](CO)S[C@@H]1O. The van der Waals surface area contributed by atoms with Gasteiger partial charge >= 0.3 is 0 Å². The molecule has 0 unspecified atom stereocenters. The third kappa shape index (κ3) is 2.69. The fourth-order valence-corrected chi connectivity index (χ4v) is 2.23. The fourth-order valence-electron chi connectivity index (χ4n) is 1.12. The van der Waals surface area contributed by atoms with E-state index < -0.39 is 28.9 Å². The number of aliphatic hydroxyl groups is 4. The van der Waals surface area contributed by atoms with Crippen LogP contribution in [0.1, 0.15) is 0 Å². The summed E-state index contributed by atoms with van der Waals surface area (Å²) in [7, 11) is 0. The van der Waals surface area contributed by atoms with E-state index in [1.165, 1.54) is 0 Å². The van der Waals surface area contributed by atoms with Crippen LogP contribution in [0.3, 0.4) is 0 Å². The molecule has 0 radical (unpaired) electrons. The molecule has 6 N–H and O–H groups in total. The van der Waals surface area contributed by atoms with E-state index in [0.29, 0.717) is 0 Å². The minimum Gasteiger partial charge on any atom is -0.395 e. The van der Waals surface area contributed by atoms with Crippen LogP contribution in [0.5, 0.6) is 0 Å². The van der Waals surface area contributed by atoms with Crippen LogP contribution in [0.2, 0.25) is 0 Å². The summed E-state index contributed by atoms with van der Waals surface area (Å²) in [5.41, 5.74) is 4.44. The highest BCUT2D eigenvalue weighted by Gasteiger charge is 2.41. The van der Waals surface area contributed by atoms with Crippen LogP contribution in [0.25, 0.3) is 0 Å². The second-order valence-electron chi connectivity index (χ2n) is 2.81. The zero-order valence-electron chi connectivity index (χ0n) is 6.78. The summed E-state index contributed by atoms with van der Waals surface area (Å²) in [5.74, 6) is 0. The zero-order chi connectivity index (χ0) is 9.30. The van der Waals surface area contributed by atoms with Gasteiger partial charge in [-0.05, 0) is 0 Å². The van der Waals surface area contributed by atoms with Crippen LogP contribution in [0.15, 0.2) is 0 Å². The van der Waals surface area contributed by atoms with Crippen LogP contribution in [0.4, 0.5) is 0 Å². The smallest absolute Gasteiger partial charge is 0.117 e. The molecule has 0 amide bonds. The van der Waals surface area contributed by atoms with Crippen molar-refractivity contribution in [1.29, 1.82) is 0 Å². The first-order valence-corrected chi connectivity index (χ1v) is 4.58. The van der Waals surface area contributed by atoms with Crippen molar-refractivity contribution >= 4 is 24.2 Å². The lowest BCUT2D eigenvalue weighted by Gasteiger charge is -2.37. The quantitative estimate of drug-likeness (QED) is 0.354. The average Bonchev–Trinajstić information content (AvgIpc) is 2.08. The van der Waals surface area contributed by atoms with Gasteiger partial charge in [-0.3, -0.25) is 0 Å². The predicted octanol–water partition coefficient (Wildman–Crippen LogP) is -2.12. The highest BCUT2D eigenvalue weighted by molar-refractivity contribution is 8.00. The summed E-state index contributed by atoms with van der Waals surface area (Å²) in [4.78, 5) is 0. The molecule has 1 aliphatic heterocycles. The fraction of sp³-hybridized carbons (Fsp3) is 1.00. The first-order valence-electron chi connectivity index (χ1n) is 3.64. The van der Waals surface area contributed by atoms with Crippen LogP contribution < -0.4 is 5.73 Å². The monoisotopic (exact) mass is 231 g/mol. The Kier molecular flexibility index (Phi) is 5.53. The summed E-state index contributed by atoms with van der Waals surface area (Å²) in [5, 5.41) is 36.0. The van der Waals surface area contributed by atoms with Gasteiger partial charge in [-0.2, -0.15) is 0 Å². The molecule has 0 aliphatic carbocycles. The molecule has 0 spiro atoms. The average molecular weight is 232 g/mol. The maximum Gasteiger partial charge on any atom is 0.117 e. The van der Waals surface area contributed by atoms with E-state index in [9.17, 15) is 15.3 Å². The minimum absolute atomic E-state index is 0. The molecule has 0 aromatic carbocycles. The summed E-state index contributed by atoms with van der Waals surface area (Å²) < 4.78 is 0. The van der Waals surface area contributed by atoms with Gasteiger partial charge in [0.1, 0.15) is 5.44 Å². The second-order valence-corrected chi connectivity index (χ2v) is 4.17. The number of aliphatic hydroxyl groups excluding tert-OH is 4. The number of halogens is 1. The van der Waals surface area contributed by atoms with E-state index in [1.807, 2.05) is 0 Å². The van der Waals surface area contributed by atoms with Crippen LogP contribution in [0, 0.1) is 0 Å². The highest BCUT2D eigenvalue weighted by atomic mass is 35.5. The van der Waals surface area contributed by atoms with Gasteiger partial charge in [0.25, 0.3) is 0 Å². The van der Waals surface area contributed by atoms with Crippen LogP contribution in [-0.4, -0.2) is 56.0 Å². The van der Waals surface area contributed by atoms with E-state index in [-0.39, 0.29) is 19.0 Å². The van der Waals surface area contributed by atoms with Crippen molar-refractivity contribution in [3.63, 3.8) is 0 Å². The molecule has 0 bridgehead atoms. The topological polar surface area (TPSA) is 107 Å². The summed E-state index contributed by atoms with van der Waals surface area (Å²) in [6.45, 7) is -0.285. The van der Waals surface area contributed by atoms with E-state index in [1.54, 1.807) is 0 Å². The number of hydrogen-bond donors (Lipinski definition) is 5. The number of nitrogens with two attached hydrogens (primary N) is 1. The first-order chi connectivity index (χ1) is 5.57. The summed E-state index contributed by atoms with van der Waals surface area (Å²) in [6.07, 6.45) is -2.24. The number of rotatable bonds is 1. The molecule has 1 saturated heterocycles. The predicted molar refractivity (Wildman–Crippen MR) is 51.7 cm³/mol. The third-order valence-electron chi connectivity index (χ3n) is 1.95. The van der Waals surface area contributed by atoms with Crippen molar-refractivity contribution in [1.82, 2.24) is 0 Å². The van der Waals surface area contributed by atoms with Gasteiger partial charge in [0.2, 0.25) is 0 Å². The van der Waals surface area contributed by atoms with Crippen LogP contribution >= 0.6 is 24.2 Å². The molecule has 0 saturated carbocycles. The van der Waals surface area contributed by atoms with Crippen LogP contribution in [-0.2, 0) is 0 Å². The van der Waals surface area contributed by atoms with Crippen molar-refractivity contribution in [3.05, 3.63) is 0 Å². The van der Waals surface area contributed by atoms with Gasteiger partial charge in [0.05, 0.1) is 30.1 Å². The summed E-state index contributed by atoms with van der Waals surface area (Å²) in [6, 6.07) is -0.854. The van der Waals surface area contributed by atoms with Gasteiger partial charge in [0.15, 0.2) is 0 Å². The van der Waals surface area contributed by atoms with Gasteiger partial charge in [-0.25, -0.2) is 0 Å². The van der Waals surface area contributed by atoms with Crippen molar-refractivity contribution < 1.29 is 20.4 Å². The van der Waals surface area contributed by atoms with Crippen molar-refractivity contribution in [2.45, 2.75) is 28.9 Å². The molecule has 0 aromatic heterocycles. The maximum absolute atomic E-state index is 9.30. The maximum atomic E-state index is 9.30. The largest absolute Gasteiger partial charge is 0.395 e. The van der Waals surface area contributed by atoms with Gasteiger partial charge in [0, 0.05) is 0 Å². The van der Waals surface area contributed by atoms with Gasteiger partial charge < -0.3 is 26.2 Å². The zero-order valence-corrected chi connectivity index (χ0v) is 8.41. The molecule has 5 nitrogen and oxygen atoms in total. The molecular weight excluding hydrogens is 218 g/mol. The molecule has 5 atom stereocenters. The number of thioether (sulfide) groups is 1. The Balaban J connectivity index is 0.00000144. The van der Waals surface area contributed by atoms with Crippen molar-refractivity contribution in [2.24, 2.45) is 5.73 Å².